The maximum absolute atomic E-state index is 11.4. The second-order valence-corrected chi connectivity index (χ2v) is 5.65. The summed E-state index contributed by atoms with van der Waals surface area (Å²) in [6, 6.07) is 2.63. The number of hydrogen-bond donors (Lipinski definition) is 2. The topological polar surface area (TPSA) is 41.1 Å². The second-order valence-electron chi connectivity index (χ2n) is 4.65. The summed E-state index contributed by atoms with van der Waals surface area (Å²) in [4.78, 5) is 12.8. The van der Waals surface area contributed by atoms with Crippen LogP contribution in [0.3, 0.4) is 0 Å². The molecule has 0 aromatic carbocycles. The molecule has 1 amide bonds. The van der Waals surface area contributed by atoms with Crippen LogP contribution in [0.2, 0.25) is 0 Å². The fraction of sp³-hybridized carbons (Fsp3) is 0.615. The Morgan fingerprint density at radius 1 is 1.53 bits per heavy atom. The molecule has 0 bridgehead atoms. The number of amides is 1. The van der Waals surface area contributed by atoms with Crippen LogP contribution in [0, 0.1) is 6.92 Å². The lowest BCUT2D eigenvalue weighted by molar-refractivity contribution is -0.121. The molecule has 0 radical (unpaired) electrons. The first-order chi connectivity index (χ1) is 8.25. The zero-order chi connectivity index (χ0) is 12.1. The van der Waals surface area contributed by atoms with Crippen molar-refractivity contribution in [2.45, 2.75) is 45.2 Å². The Kier molecular flexibility index (Phi) is 4.57. The first-order valence-electron chi connectivity index (χ1n) is 6.29. The molecule has 1 aromatic heterocycles. The van der Waals surface area contributed by atoms with Gasteiger partial charge in [-0.2, -0.15) is 0 Å². The van der Waals surface area contributed by atoms with Gasteiger partial charge in [0.15, 0.2) is 0 Å². The molecule has 0 aliphatic heterocycles. The Balaban J connectivity index is 1.51. The molecule has 1 aromatic rings. The Labute approximate surface area is 107 Å². The van der Waals surface area contributed by atoms with Crippen molar-refractivity contribution in [1.29, 1.82) is 0 Å². The Hall–Kier alpha value is -0.870. The van der Waals surface area contributed by atoms with Gasteiger partial charge in [0.05, 0.1) is 0 Å². The van der Waals surface area contributed by atoms with E-state index < -0.39 is 0 Å². The predicted octanol–water partition coefficient (Wildman–Crippen LogP) is 2.20. The molecule has 1 saturated carbocycles. The first kappa shape index (κ1) is 12.6. The predicted molar refractivity (Wildman–Crippen MR) is 71.2 cm³/mol. The van der Waals surface area contributed by atoms with Gasteiger partial charge in [-0.05, 0) is 49.7 Å². The summed E-state index contributed by atoms with van der Waals surface area (Å²) in [6.07, 6.45) is 3.90. The zero-order valence-corrected chi connectivity index (χ0v) is 11.1. The van der Waals surface area contributed by atoms with Gasteiger partial charge in [0.1, 0.15) is 0 Å². The van der Waals surface area contributed by atoms with E-state index in [1.165, 1.54) is 23.3 Å². The van der Waals surface area contributed by atoms with Crippen molar-refractivity contribution in [2.75, 3.05) is 6.54 Å². The number of hydrogen-bond acceptors (Lipinski definition) is 3. The Morgan fingerprint density at radius 2 is 2.35 bits per heavy atom. The average Bonchev–Trinajstić information content (AvgIpc) is 3.01. The van der Waals surface area contributed by atoms with E-state index in [9.17, 15) is 4.79 Å². The van der Waals surface area contributed by atoms with Crippen LogP contribution in [0.4, 0.5) is 0 Å². The molecule has 4 heteroatoms. The molecule has 1 aliphatic carbocycles. The lowest BCUT2D eigenvalue weighted by atomic mass is 10.2. The van der Waals surface area contributed by atoms with Crippen LogP contribution in [0.5, 0.6) is 0 Å². The molecule has 0 spiro atoms. The van der Waals surface area contributed by atoms with Crippen LogP contribution in [-0.4, -0.2) is 18.5 Å². The van der Waals surface area contributed by atoms with Gasteiger partial charge < -0.3 is 10.6 Å². The van der Waals surface area contributed by atoms with Gasteiger partial charge in [-0.15, -0.1) is 11.3 Å². The lowest BCUT2D eigenvalue weighted by Gasteiger charge is -2.05. The standard InChI is InChI=1S/C13H20N2OS/c1-10-6-8-17-12(10)9-14-7-2-3-13(16)15-11-4-5-11/h6,8,11,14H,2-5,7,9H2,1H3,(H,15,16). The van der Waals surface area contributed by atoms with Crippen molar-refractivity contribution < 1.29 is 4.79 Å². The van der Waals surface area contributed by atoms with Crippen LogP contribution in [-0.2, 0) is 11.3 Å². The highest BCUT2D eigenvalue weighted by molar-refractivity contribution is 7.10. The van der Waals surface area contributed by atoms with Gasteiger partial charge in [0, 0.05) is 23.9 Å². The van der Waals surface area contributed by atoms with E-state index in [2.05, 4.69) is 29.0 Å². The van der Waals surface area contributed by atoms with Gasteiger partial charge in [-0.1, -0.05) is 0 Å². The molecule has 3 nitrogen and oxygen atoms in total. The summed E-state index contributed by atoms with van der Waals surface area (Å²) in [6.45, 7) is 3.97. The van der Waals surface area contributed by atoms with E-state index in [0.29, 0.717) is 12.5 Å². The first-order valence-corrected chi connectivity index (χ1v) is 7.16. The number of aryl methyl sites for hydroxylation is 1. The summed E-state index contributed by atoms with van der Waals surface area (Å²) < 4.78 is 0. The SMILES string of the molecule is Cc1ccsc1CNCCCC(=O)NC1CC1. The molecular formula is C13H20N2OS. The van der Waals surface area contributed by atoms with Crippen LogP contribution >= 0.6 is 11.3 Å². The van der Waals surface area contributed by atoms with Crippen molar-refractivity contribution in [3.8, 4) is 0 Å². The number of thiophene rings is 1. The van der Waals surface area contributed by atoms with Gasteiger partial charge in [-0.25, -0.2) is 0 Å². The van der Waals surface area contributed by atoms with Crippen LogP contribution in [0.1, 0.15) is 36.1 Å². The maximum atomic E-state index is 11.4. The minimum Gasteiger partial charge on any atom is -0.353 e. The molecular weight excluding hydrogens is 232 g/mol. The van der Waals surface area contributed by atoms with Crippen molar-refractivity contribution in [3.05, 3.63) is 21.9 Å². The third kappa shape index (κ3) is 4.48. The molecule has 94 valence electrons. The number of rotatable bonds is 7. The normalized spacial score (nSPS) is 14.9. The molecule has 0 saturated heterocycles. The largest absolute Gasteiger partial charge is 0.353 e. The summed E-state index contributed by atoms with van der Waals surface area (Å²) in [7, 11) is 0. The minimum absolute atomic E-state index is 0.210. The fourth-order valence-corrected chi connectivity index (χ4v) is 2.56. The number of carbonyl (C=O) groups is 1. The fourth-order valence-electron chi connectivity index (χ4n) is 1.69. The molecule has 1 fully saturated rings. The quantitative estimate of drug-likeness (QED) is 0.731. The summed E-state index contributed by atoms with van der Waals surface area (Å²) in [5, 5.41) is 8.51. The Bertz CT molecular complexity index is 371. The highest BCUT2D eigenvalue weighted by Gasteiger charge is 2.22. The molecule has 0 unspecified atom stereocenters. The van der Waals surface area contributed by atoms with E-state index in [4.69, 9.17) is 0 Å². The van der Waals surface area contributed by atoms with E-state index in [-0.39, 0.29) is 5.91 Å². The summed E-state index contributed by atoms with van der Waals surface area (Å²) in [5.41, 5.74) is 1.36. The molecule has 2 rings (SSSR count). The smallest absolute Gasteiger partial charge is 0.220 e. The van der Waals surface area contributed by atoms with Gasteiger partial charge in [0.25, 0.3) is 0 Å². The minimum atomic E-state index is 0.210. The second kappa shape index (κ2) is 6.17. The van der Waals surface area contributed by atoms with Gasteiger partial charge in [0.2, 0.25) is 5.91 Å². The molecule has 1 aliphatic rings. The van der Waals surface area contributed by atoms with Crippen molar-refractivity contribution in [2.24, 2.45) is 0 Å². The molecule has 0 atom stereocenters. The van der Waals surface area contributed by atoms with Crippen molar-refractivity contribution in [3.63, 3.8) is 0 Å². The highest BCUT2D eigenvalue weighted by Crippen LogP contribution is 2.18. The van der Waals surface area contributed by atoms with Crippen molar-refractivity contribution in [1.82, 2.24) is 10.6 Å². The highest BCUT2D eigenvalue weighted by atomic mass is 32.1. The van der Waals surface area contributed by atoms with Crippen molar-refractivity contribution >= 4 is 17.2 Å². The van der Waals surface area contributed by atoms with E-state index in [1.54, 1.807) is 11.3 Å². The van der Waals surface area contributed by atoms with E-state index in [0.717, 1.165) is 19.5 Å². The zero-order valence-electron chi connectivity index (χ0n) is 10.3. The molecule has 1 heterocycles. The third-order valence-corrected chi connectivity index (χ3v) is 3.98. The van der Waals surface area contributed by atoms with Crippen LogP contribution in [0.25, 0.3) is 0 Å². The van der Waals surface area contributed by atoms with Crippen LogP contribution in [0.15, 0.2) is 11.4 Å². The maximum Gasteiger partial charge on any atom is 0.220 e. The van der Waals surface area contributed by atoms with Crippen LogP contribution < -0.4 is 10.6 Å². The average molecular weight is 252 g/mol. The molecule has 2 N–H and O–H groups in total. The third-order valence-electron chi connectivity index (χ3n) is 2.95. The molecule has 17 heavy (non-hydrogen) atoms. The number of carbonyl (C=O) groups excluding carboxylic acids is 1. The monoisotopic (exact) mass is 252 g/mol. The van der Waals surface area contributed by atoms with Gasteiger partial charge >= 0.3 is 0 Å². The van der Waals surface area contributed by atoms with E-state index in [1.807, 2.05) is 0 Å². The Morgan fingerprint density at radius 3 is 3.00 bits per heavy atom. The summed E-state index contributed by atoms with van der Waals surface area (Å²) >= 11 is 1.79. The van der Waals surface area contributed by atoms with Gasteiger partial charge in [-0.3, -0.25) is 4.79 Å². The summed E-state index contributed by atoms with van der Waals surface area (Å²) in [5.74, 6) is 0.210. The lowest BCUT2D eigenvalue weighted by Crippen LogP contribution is -2.26. The van der Waals surface area contributed by atoms with E-state index >= 15 is 0 Å². The number of nitrogens with one attached hydrogen (secondary N) is 2.